The predicted octanol–water partition coefficient (Wildman–Crippen LogP) is 1.87. The zero-order valence-electron chi connectivity index (χ0n) is 12.1. The highest BCUT2D eigenvalue weighted by Gasteiger charge is 2.20. The number of hydrogen-bond donors (Lipinski definition) is 2. The molecule has 2 N–H and O–H groups in total. The van der Waals surface area contributed by atoms with Crippen molar-refractivity contribution in [3.63, 3.8) is 0 Å². The van der Waals surface area contributed by atoms with Crippen molar-refractivity contribution in [1.82, 2.24) is 5.32 Å². The van der Waals surface area contributed by atoms with Crippen molar-refractivity contribution in [3.05, 3.63) is 48.0 Å². The molecule has 1 rings (SSSR count). The molecular formula is C16H21NO3. The molecule has 1 atom stereocenters. The molecule has 0 heterocycles. The summed E-state index contributed by atoms with van der Waals surface area (Å²) in [6, 6.07) is 7.04. The van der Waals surface area contributed by atoms with Crippen LogP contribution >= 0.6 is 0 Å². The van der Waals surface area contributed by atoms with E-state index >= 15 is 0 Å². The van der Waals surface area contributed by atoms with Gasteiger partial charge in [0.15, 0.2) is 5.78 Å². The highest BCUT2D eigenvalue weighted by molar-refractivity contribution is 5.99. The first-order valence-electron chi connectivity index (χ1n) is 6.51. The van der Waals surface area contributed by atoms with Gasteiger partial charge in [-0.1, -0.05) is 30.8 Å². The van der Waals surface area contributed by atoms with E-state index in [2.05, 4.69) is 11.9 Å². The van der Waals surface area contributed by atoms with E-state index in [1.54, 1.807) is 12.1 Å². The Kier molecular flexibility index (Phi) is 5.22. The number of hydrogen-bond acceptors (Lipinski definition) is 3. The van der Waals surface area contributed by atoms with Crippen molar-refractivity contribution in [3.8, 4) is 0 Å². The Bertz CT molecular complexity index is 501. The van der Waals surface area contributed by atoms with E-state index in [4.69, 9.17) is 0 Å². The van der Waals surface area contributed by atoms with Crippen LogP contribution in [0, 0.1) is 0 Å². The topological polar surface area (TPSA) is 66.4 Å². The van der Waals surface area contributed by atoms with Gasteiger partial charge < -0.3 is 10.4 Å². The van der Waals surface area contributed by atoms with Crippen LogP contribution in [0.1, 0.15) is 36.7 Å². The molecule has 1 aromatic rings. The standard InChI is InChI=1S/C16H21NO3/c1-5-14(19)17-16(3,4)10-12-6-8-13(9-7-12)15(20)11(2)18/h5-9,11,18H,1,10H2,2-4H3,(H,17,19). The lowest BCUT2D eigenvalue weighted by atomic mass is 9.93. The highest BCUT2D eigenvalue weighted by Crippen LogP contribution is 2.14. The Morgan fingerprint density at radius 3 is 2.35 bits per heavy atom. The first kappa shape index (κ1) is 16.1. The summed E-state index contributed by atoms with van der Waals surface area (Å²) >= 11 is 0. The average molecular weight is 275 g/mol. The Morgan fingerprint density at radius 1 is 1.35 bits per heavy atom. The molecule has 4 nitrogen and oxygen atoms in total. The number of carbonyl (C=O) groups is 2. The largest absolute Gasteiger partial charge is 0.385 e. The van der Waals surface area contributed by atoms with Crippen molar-refractivity contribution in [2.24, 2.45) is 0 Å². The molecule has 0 aliphatic heterocycles. The number of carbonyl (C=O) groups excluding carboxylic acids is 2. The summed E-state index contributed by atoms with van der Waals surface area (Å²) in [5.74, 6) is -0.508. The third kappa shape index (κ3) is 4.63. The van der Waals surface area contributed by atoms with Crippen LogP contribution in [0.25, 0.3) is 0 Å². The van der Waals surface area contributed by atoms with E-state index < -0.39 is 11.6 Å². The lowest BCUT2D eigenvalue weighted by Crippen LogP contribution is -2.44. The van der Waals surface area contributed by atoms with Gasteiger partial charge in [0, 0.05) is 11.1 Å². The third-order valence-electron chi connectivity index (χ3n) is 2.91. The van der Waals surface area contributed by atoms with Crippen LogP contribution in [0.4, 0.5) is 0 Å². The zero-order valence-corrected chi connectivity index (χ0v) is 12.1. The SMILES string of the molecule is C=CC(=O)NC(C)(C)Cc1ccc(C(=O)C(C)O)cc1. The molecule has 1 aromatic carbocycles. The molecular weight excluding hydrogens is 254 g/mol. The van der Waals surface area contributed by atoms with Crippen LogP contribution < -0.4 is 5.32 Å². The summed E-state index contributed by atoms with van der Waals surface area (Å²) in [5, 5.41) is 12.1. The molecule has 0 saturated heterocycles. The molecule has 0 aliphatic rings. The molecule has 0 bridgehead atoms. The van der Waals surface area contributed by atoms with Crippen molar-refractivity contribution in [2.45, 2.75) is 38.8 Å². The van der Waals surface area contributed by atoms with Gasteiger partial charge in [-0.2, -0.15) is 0 Å². The molecule has 20 heavy (non-hydrogen) atoms. The third-order valence-corrected chi connectivity index (χ3v) is 2.91. The number of ketones is 1. The van der Waals surface area contributed by atoms with Gasteiger partial charge in [-0.05, 0) is 38.8 Å². The number of amides is 1. The fourth-order valence-corrected chi connectivity index (χ4v) is 1.97. The molecule has 0 saturated carbocycles. The minimum Gasteiger partial charge on any atom is -0.385 e. The number of rotatable bonds is 6. The van der Waals surface area contributed by atoms with Crippen LogP contribution in [0.3, 0.4) is 0 Å². The van der Waals surface area contributed by atoms with E-state index in [1.807, 2.05) is 26.0 Å². The van der Waals surface area contributed by atoms with E-state index in [0.717, 1.165) is 5.56 Å². The molecule has 1 unspecified atom stereocenters. The normalized spacial score (nSPS) is 12.6. The van der Waals surface area contributed by atoms with Gasteiger partial charge in [0.05, 0.1) is 0 Å². The number of Topliss-reactive ketones (excluding diaryl/α,β-unsaturated/α-hetero) is 1. The quantitative estimate of drug-likeness (QED) is 0.615. The number of aliphatic hydroxyl groups excluding tert-OH is 1. The summed E-state index contributed by atoms with van der Waals surface area (Å²) in [5.41, 5.74) is 1.08. The van der Waals surface area contributed by atoms with Gasteiger partial charge in [-0.3, -0.25) is 9.59 Å². The van der Waals surface area contributed by atoms with Crippen LogP contribution in [0.2, 0.25) is 0 Å². The van der Waals surface area contributed by atoms with E-state index in [9.17, 15) is 14.7 Å². The number of benzene rings is 1. The van der Waals surface area contributed by atoms with Crippen LogP contribution in [-0.4, -0.2) is 28.4 Å². The van der Waals surface area contributed by atoms with Crippen molar-refractivity contribution in [2.75, 3.05) is 0 Å². The van der Waals surface area contributed by atoms with Gasteiger partial charge >= 0.3 is 0 Å². The fourth-order valence-electron chi connectivity index (χ4n) is 1.97. The van der Waals surface area contributed by atoms with Crippen molar-refractivity contribution < 1.29 is 14.7 Å². The molecule has 0 aliphatic carbocycles. The van der Waals surface area contributed by atoms with E-state index in [0.29, 0.717) is 12.0 Å². The summed E-state index contributed by atoms with van der Waals surface area (Å²) in [6.07, 6.45) is 0.881. The van der Waals surface area contributed by atoms with Crippen LogP contribution in [0.5, 0.6) is 0 Å². The first-order valence-corrected chi connectivity index (χ1v) is 6.51. The summed E-state index contributed by atoms with van der Waals surface area (Å²) in [4.78, 5) is 22.9. The zero-order chi connectivity index (χ0) is 15.3. The van der Waals surface area contributed by atoms with Crippen LogP contribution in [-0.2, 0) is 11.2 Å². The van der Waals surface area contributed by atoms with Crippen molar-refractivity contribution in [1.29, 1.82) is 0 Å². The average Bonchev–Trinajstić information content (AvgIpc) is 2.37. The van der Waals surface area contributed by atoms with Gasteiger partial charge in [-0.25, -0.2) is 0 Å². The van der Waals surface area contributed by atoms with Gasteiger partial charge in [-0.15, -0.1) is 0 Å². The Labute approximate surface area is 119 Å². The predicted molar refractivity (Wildman–Crippen MR) is 78.6 cm³/mol. The maximum atomic E-state index is 11.6. The second-order valence-corrected chi connectivity index (χ2v) is 5.49. The highest BCUT2D eigenvalue weighted by atomic mass is 16.3. The lowest BCUT2D eigenvalue weighted by molar-refractivity contribution is -0.117. The Balaban J connectivity index is 2.77. The Hall–Kier alpha value is -1.94. The van der Waals surface area contributed by atoms with Gasteiger partial charge in [0.1, 0.15) is 6.10 Å². The second kappa shape index (κ2) is 6.48. The maximum Gasteiger partial charge on any atom is 0.243 e. The second-order valence-electron chi connectivity index (χ2n) is 5.49. The molecule has 1 amide bonds. The first-order chi connectivity index (χ1) is 9.25. The number of nitrogens with one attached hydrogen (secondary N) is 1. The lowest BCUT2D eigenvalue weighted by Gasteiger charge is -2.25. The smallest absolute Gasteiger partial charge is 0.243 e. The molecule has 0 aromatic heterocycles. The number of aliphatic hydroxyl groups is 1. The molecule has 0 fully saturated rings. The molecule has 108 valence electrons. The molecule has 0 spiro atoms. The van der Waals surface area contributed by atoms with E-state index in [-0.39, 0.29) is 11.7 Å². The molecule has 4 heteroatoms. The maximum absolute atomic E-state index is 11.6. The summed E-state index contributed by atoms with van der Waals surface area (Å²) < 4.78 is 0. The molecule has 0 radical (unpaired) electrons. The minimum absolute atomic E-state index is 0.212. The van der Waals surface area contributed by atoms with Gasteiger partial charge in [0.25, 0.3) is 0 Å². The summed E-state index contributed by atoms with van der Waals surface area (Å²) in [6.45, 7) is 8.71. The van der Waals surface area contributed by atoms with Gasteiger partial charge in [0.2, 0.25) is 5.91 Å². The van der Waals surface area contributed by atoms with Crippen molar-refractivity contribution >= 4 is 11.7 Å². The van der Waals surface area contributed by atoms with Crippen LogP contribution in [0.15, 0.2) is 36.9 Å². The summed E-state index contributed by atoms with van der Waals surface area (Å²) in [7, 11) is 0. The minimum atomic E-state index is -0.996. The monoisotopic (exact) mass is 275 g/mol. The fraction of sp³-hybridized carbons (Fsp3) is 0.375. The van der Waals surface area contributed by atoms with E-state index in [1.165, 1.54) is 13.0 Å². The Morgan fingerprint density at radius 2 is 1.90 bits per heavy atom.